The summed E-state index contributed by atoms with van der Waals surface area (Å²) in [5.74, 6) is -1.30. The molecule has 1 aromatic heterocycles. The zero-order chi connectivity index (χ0) is 14.4. The van der Waals surface area contributed by atoms with Crippen molar-refractivity contribution in [2.75, 3.05) is 5.73 Å². The number of rotatable bonds is 1. The quantitative estimate of drug-likeness (QED) is 0.781. The Kier molecular flexibility index (Phi) is 2.84. The van der Waals surface area contributed by atoms with Gasteiger partial charge in [0, 0.05) is 11.1 Å². The third kappa shape index (κ3) is 2.18. The molecule has 0 unspecified atom stereocenters. The number of aromatic carboxylic acids is 1. The molecule has 2 aromatic rings. The fraction of sp³-hybridized carbons (Fsp3) is 0.167. The van der Waals surface area contributed by atoms with E-state index in [1.54, 1.807) is 6.92 Å². The highest BCUT2D eigenvalue weighted by molar-refractivity contribution is 6.01. The van der Waals surface area contributed by atoms with Crippen molar-refractivity contribution in [3.63, 3.8) is 0 Å². The fourth-order valence-corrected chi connectivity index (χ4v) is 1.80. The summed E-state index contributed by atoms with van der Waals surface area (Å²) in [6, 6.07) is 3.13. The Labute approximate surface area is 105 Å². The number of hydrogen-bond acceptors (Lipinski definition) is 3. The van der Waals surface area contributed by atoms with Crippen LogP contribution < -0.4 is 5.73 Å². The van der Waals surface area contributed by atoms with E-state index in [2.05, 4.69) is 4.98 Å². The van der Waals surface area contributed by atoms with Crippen LogP contribution in [0.2, 0.25) is 0 Å². The van der Waals surface area contributed by atoms with Crippen LogP contribution in [-0.2, 0) is 6.18 Å². The minimum Gasteiger partial charge on any atom is -0.478 e. The normalized spacial score (nSPS) is 11.8. The lowest BCUT2D eigenvalue weighted by molar-refractivity contribution is -0.140. The second kappa shape index (κ2) is 4.11. The van der Waals surface area contributed by atoms with Gasteiger partial charge in [0.05, 0.1) is 11.1 Å². The number of nitrogens with two attached hydrogens (primary N) is 1. The minimum atomic E-state index is -4.58. The maximum absolute atomic E-state index is 12.6. The standard InChI is InChI=1S/C12H9F3N2O2/c1-5-6-2-3-9(12(13,14)15)17-8(6)4-7(10(5)16)11(18)19/h2-4H,16H2,1H3,(H,18,19). The number of anilines is 1. The van der Waals surface area contributed by atoms with Gasteiger partial charge in [0.15, 0.2) is 0 Å². The molecule has 0 saturated heterocycles. The van der Waals surface area contributed by atoms with Crippen molar-refractivity contribution in [1.29, 1.82) is 0 Å². The van der Waals surface area contributed by atoms with Crippen LogP contribution in [-0.4, -0.2) is 16.1 Å². The molecule has 100 valence electrons. The number of pyridine rings is 1. The third-order valence-corrected chi connectivity index (χ3v) is 2.82. The van der Waals surface area contributed by atoms with Crippen LogP contribution in [0.3, 0.4) is 0 Å². The zero-order valence-corrected chi connectivity index (χ0v) is 9.75. The number of carbonyl (C=O) groups is 1. The Balaban J connectivity index is 2.79. The first kappa shape index (κ1) is 13.1. The van der Waals surface area contributed by atoms with Crippen LogP contribution in [0.5, 0.6) is 0 Å². The third-order valence-electron chi connectivity index (χ3n) is 2.82. The Morgan fingerprint density at radius 1 is 1.37 bits per heavy atom. The number of fused-ring (bicyclic) bond motifs is 1. The van der Waals surface area contributed by atoms with Gasteiger partial charge in [-0.25, -0.2) is 9.78 Å². The molecule has 0 spiro atoms. The van der Waals surface area contributed by atoms with Crippen molar-refractivity contribution in [3.05, 3.63) is 35.0 Å². The lowest BCUT2D eigenvalue weighted by Gasteiger charge is -2.11. The number of aromatic nitrogens is 1. The topological polar surface area (TPSA) is 76.2 Å². The number of carboxylic acids is 1. The van der Waals surface area contributed by atoms with Gasteiger partial charge in [0.25, 0.3) is 0 Å². The highest BCUT2D eigenvalue weighted by Gasteiger charge is 2.32. The molecular formula is C12H9F3N2O2. The number of halogens is 3. The minimum absolute atomic E-state index is 0.0292. The molecule has 0 amide bonds. The molecule has 0 fully saturated rings. The molecule has 1 heterocycles. The van der Waals surface area contributed by atoms with Crippen molar-refractivity contribution in [2.45, 2.75) is 13.1 Å². The molecule has 0 aliphatic heterocycles. The van der Waals surface area contributed by atoms with E-state index in [0.717, 1.165) is 12.1 Å². The maximum atomic E-state index is 12.6. The molecule has 0 radical (unpaired) electrons. The largest absolute Gasteiger partial charge is 0.478 e. The van der Waals surface area contributed by atoms with Gasteiger partial charge in [-0.15, -0.1) is 0 Å². The summed E-state index contributed by atoms with van der Waals surface area (Å²) >= 11 is 0. The van der Waals surface area contributed by atoms with Crippen LogP contribution >= 0.6 is 0 Å². The van der Waals surface area contributed by atoms with Gasteiger partial charge in [-0.2, -0.15) is 13.2 Å². The SMILES string of the molecule is Cc1c(N)c(C(=O)O)cc2nc(C(F)(F)F)ccc12. The van der Waals surface area contributed by atoms with Crippen LogP contribution in [0, 0.1) is 6.92 Å². The van der Waals surface area contributed by atoms with Crippen molar-refractivity contribution in [3.8, 4) is 0 Å². The van der Waals surface area contributed by atoms with E-state index in [4.69, 9.17) is 10.8 Å². The summed E-state index contributed by atoms with van der Waals surface area (Å²) in [5, 5.41) is 9.35. The van der Waals surface area contributed by atoms with E-state index in [0.29, 0.717) is 10.9 Å². The van der Waals surface area contributed by atoms with Crippen LogP contribution in [0.1, 0.15) is 21.6 Å². The smallest absolute Gasteiger partial charge is 0.433 e. The summed E-state index contributed by atoms with van der Waals surface area (Å²) in [7, 11) is 0. The first-order valence-corrected chi connectivity index (χ1v) is 5.22. The Morgan fingerprint density at radius 3 is 2.53 bits per heavy atom. The van der Waals surface area contributed by atoms with Crippen molar-refractivity contribution < 1.29 is 23.1 Å². The van der Waals surface area contributed by atoms with Crippen molar-refractivity contribution in [1.82, 2.24) is 4.98 Å². The number of aryl methyl sites for hydroxylation is 1. The maximum Gasteiger partial charge on any atom is 0.433 e. The van der Waals surface area contributed by atoms with Gasteiger partial charge >= 0.3 is 12.1 Å². The number of benzene rings is 1. The number of nitrogen functional groups attached to an aromatic ring is 1. The monoisotopic (exact) mass is 270 g/mol. The van der Waals surface area contributed by atoms with E-state index in [1.807, 2.05) is 0 Å². The predicted molar refractivity (Wildman–Crippen MR) is 62.9 cm³/mol. The summed E-state index contributed by atoms with van der Waals surface area (Å²) < 4.78 is 37.7. The molecule has 0 aliphatic rings. The highest BCUT2D eigenvalue weighted by atomic mass is 19.4. The zero-order valence-electron chi connectivity index (χ0n) is 9.75. The summed E-state index contributed by atoms with van der Waals surface area (Å²) in [6.45, 7) is 1.54. The average molecular weight is 270 g/mol. The molecule has 7 heteroatoms. The first-order valence-electron chi connectivity index (χ1n) is 5.22. The Bertz CT molecular complexity index is 681. The van der Waals surface area contributed by atoms with Gasteiger partial charge in [-0.1, -0.05) is 6.07 Å². The number of nitrogens with zero attached hydrogens (tertiary/aromatic N) is 1. The Morgan fingerprint density at radius 2 is 2.00 bits per heavy atom. The molecule has 0 aliphatic carbocycles. The molecular weight excluding hydrogens is 261 g/mol. The molecule has 0 saturated carbocycles. The van der Waals surface area contributed by atoms with Gasteiger partial charge in [0.1, 0.15) is 5.69 Å². The molecule has 3 N–H and O–H groups in total. The van der Waals surface area contributed by atoms with Gasteiger partial charge < -0.3 is 10.8 Å². The van der Waals surface area contributed by atoms with E-state index in [-0.39, 0.29) is 16.8 Å². The van der Waals surface area contributed by atoms with E-state index in [1.165, 1.54) is 6.07 Å². The number of alkyl halides is 3. The molecule has 4 nitrogen and oxygen atoms in total. The molecule has 0 bridgehead atoms. The summed E-state index contributed by atoms with van der Waals surface area (Å²) in [6.07, 6.45) is -4.58. The van der Waals surface area contributed by atoms with E-state index in [9.17, 15) is 18.0 Å². The average Bonchev–Trinajstić information content (AvgIpc) is 2.31. The van der Waals surface area contributed by atoms with Crippen molar-refractivity contribution >= 4 is 22.6 Å². The Hall–Kier alpha value is -2.31. The molecule has 0 atom stereocenters. The van der Waals surface area contributed by atoms with Gasteiger partial charge in [0.2, 0.25) is 0 Å². The predicted octanol–water partition coefficient (Wildman–Crippen LogP) is 2.84. The molecule has 1 aromatic carbocycles. The van der Waals surface area contributed by atoms with E-state index < -0.39 is 17.8 Å². The highest BCUT2D eigenvalue weighted by Crippen LogP contribution is 2.32. The van der Waals surface area contributed by atoms with E-state index >= 15 is 0 Å². The summed E-state index contributed by atoms with van der Waals surface area (Å²) in [4.78, 5) is 14.4. The van der Waals surface area contributed by atoms with Crippen LogP contribution in [0.4, 0.5) is 18.9 Å². The molecule has 19 heavy (non-hydrogen) atoms. The van der Waals surface area contributed by atoms with Gasteiger partial charge in [-0.3, -0.25) is 0 Å². The fourth-order valence-electron chi connectivity index (χ4n) is 1.80. The van der Waals surface area contributed by atoms with Crippen LogP contribution in [0.15, 0.2) is 18.2 Å². The first-order chi connectivity index (χ1) is 8.71. The van der Waals surface area contributed by atoms with Gasteiger partial charge in [-0.05, 0) is 24.6 Å². The number of carboxylic acid groups (broad SMARTS) is 1. The number of hydrogen-bond donors (Lipinski definition) is 2. The lowest BCUT2D eigenvalue weighted by atomic mass is 10.0. The molecule has 2 rings (SSSR count). The summed E-state index contributed by atoms with van der Waals surface area (Å²) in [5.41, 5.74) is 4.71. The van der Waals surface area contributed by atoms with Crippen molar-refractivity contribution in [2.24, 2.45) is 0 Å². The van der Waals surface area contributed by atoms with Crippen LogP contribution in [0.25, 0.3) is 10.9 Å². The lowest BCUT2D eigenvalue weighted by Crippen LogP contribution is -2.09. The second-order valence-electron chi connectivity index (χ2n) is 4.03. The second-order valence-corrected chi connectivity index (χ2v) is 4.03.